The van der Waals surface area contributed by atoms with Crippen LogP contribution in [-0.2, 0) is 6.61 Å². The third-order valence-corrected chi connectivity index (χ3v) is 7.49. The van der Waals surface area contributed by atoms with Crippen LogP contribution < -0.4 is 25.3 Å². The van der Waals surface area contributed by atoms with Crippen molar-refractivity contribution in [3.63, 3.8) is 0 Å². The van der Waals surface area contributed by atoms with Crippen LogP contribution in [0.2, 0.25) is 0 Å². The lowest BCUT2D eigenvalue weighted by molar-refractivity contribution is 0.301. The maximum Gasteiger partial charge on any atom is 0.345 e. The van der Waals surface area contributed by atoms with Crippen molar-refractivity contribution < 1.29 is 18.6 Å². The smallest absolute Gasteiger partial charge is 0.345 e. The highest BCUT2D eigenvalue weighted by Crippen LogP contribution is 2.32. The molecule has 3 heterocycles. The number of halogens is 1. The molecule has 0 saturated carbocycles. The quantitative estimate of drug-likeness (QED) is 0.102. The normalized spacial score (nSPS) is 11.2. The highest BCUT2D eigenvalue weighted by atomic mass is 79.9. The Labute approximate surface area is 257 Å². The minimum Gasteiger partial charge on any atom is -0.497 e. The molecule has 3 aromatic carbocycles. The number of rotatable bonds is 10. The number of anilines is 1. The van der Waals surface area contributed by atoms with Crippen molar-refractivity contribution in [3.8, 4) is 34.2 Å². The monoisotopic (exact) mass is 658 g/mol. The van der Waals surface area contributed by atoms with Crippen LogP contribution in [0.25, 0.3) is 27.9 Å². The first kappa shape index (κ1) is 28.1. The van der Waals surface area contributed by atoms with E-state index in [1.807, 2.05) is 60.8 Å². The first-order valence-corrected chi connectivity index (χ1v) is 14.5. The average Bonchev–Trinajstić information content (AvgIpc) is 3.70. The number of nitrogens with one attached hydrogen (secondary N) is 1. The summed E-state index contributed by atoms with van der Waals surface area (Å²) in [6.07, 6.45) is 3.49. The molecule has 216 valence electrons. The van der Waals surface area contributed by atoms with E-state index in [0.29, 0.717) is 44.6 Å². The van der Waals surface area contributed by atoms with Gasteiger partial charge in [0.05, 0.1) is 43.6 Å². The van der Waals surface area contributed by atoms with Crippen LogP contribution in [0.15, 0.2) is 97.1 Å². The van der Waals surface area contributed by atoms with Crippen molar-refractivity contribution in [2.45, 2.75) is 6.61 Å². The largest absolute Gasteiger partial charge is 0.497 e. The molecule has 0 spiro atoms. The summed E-state index contributed by atoms with van der Waals surface area (Å²) in [5, 5.41) is 15.6. The molecule has 6 rings (SSSR count). The van der Waals surface area contributed by atoms with E-state index in [9.17, 15) is 4.79 Å². The minimum absolute atomic E-state index is 0.276. The van der Waals surface area contributed by atoms with Gasteiger partial charge < -0.3 is 18.6 Å². The lowest BCUT2D eigenvalue weighted by Crippen LogP contribution is -2.03. The van der Waals surface area contributed by atoms with Crippen molar-refractivity contribution >= 4 is 49.6 Å². The third-order valence-electron chi connectivity index (χ3n) is 6.28. The molecule has 43 heavy (non-hydrogen) atoms. The van der Waals surface area contributed by atoms with Crippen molar-refractivity contribution in [1.82, 2.24) is 20.0 Å². The minimum atomic E-state index is -0.502. The summed E-state index contributed by atoms with van der Waals surface area (Å²) in [6.45, 7) is 0.276. The summed E-state index contributed by atoms with van der Waals surface area (Å²) in [5.41, 5.74) is 6.06. The van der Waals surface area contributed by atoms with Crippen LogP contribution in [0.1, 0.15) is 11.3 Å². The third kappa shape index (κ3) is 6.42. The molecule has 1 N–H and O–H groups in total. The molecule has 0 atom stereocenters. The number of aromatic nitrogens is 4. The fourth-order valence-electron chi connectivity index (χ4n) is 4.14. The number of fused-ring (bicyclic) bond motifs is 1. The Morgan fingerprint density at radius 3 is 2.60 bits per heavy atom. The van der Waals surface area contributed by atoms with Gasteiger partial charge in [0.25, 0.3) is 0 Å². The number of methoxy groups -OCH3 is 2. The van der Waals surface area contributed by atoms with Gasteiger partial charge in [-0.25, -0.2) is 14.5 Å². The molecule has 0 saturated heterocycles. The van der Waals surface area contributed by atoms with E-state index in [1.54, 1.807) is 35.5 Å². The zero-order valence-corrected chi connectivity index (χ0v) is 25.3. The van der Waals surface area contributed by atoms with E-state index >= 15 is 0 Å². The number of ether oxygens (including phenoxy) is 3. The number of hydrazone groups is 1. The maximum absolute atomic E-state index is 12.7. The Balaban J connectivity index is 1.05. The van der Waals surface area contributed by atoms with Crippen LogP contribution in [0.3, 0.4) is 0 Å². The van der Waals surface area contributed by atoms with Crippen LogP contribution in [-0.4, -0.2) is 40.4 Å². The molecule has 13 heteroatoms. The number of hydrogen-bond acceptors (Lipinski definition) is 11. The Hall–Kier alpha value is -5.01. The topological polar surface area (TPSA) is 126 Å². The Morgan fingerprint density at radius 2 is 1.84 bits per heavy atom. The number of benzene rings is 3. The standard InChI is InChI=1S/C30H23BrN6O5S/c1-39-23-9-5-22(6-10-23)37-15-21(34-36-37)16-41-24-7-3-18(4-8-24)14-32-35-30-33-26(17-43-30)25-12-19-11-20(31)13-27(40-2)28(19)42-29(25)38/h3-15,17H,16H2,1-2H3,(H,33,35)/b32-14+. The van der Waals surface area contributed by atoms with Gasteiger partial charge >= 0.3 is 5.63 Å². The molecule has 6 aromatic rings. The molecule has 0 aliphatic carbocycles. The van der Waals surface area contributed by atoms with Gasteiger partial charge in [-0.2, -0.15) is 5.10 Å². The van der Waals surface area contributed by atoms with Gasteiger partial charge in [0.2, 0.25) is 5.13 Å². The lowest BCUT2D eigenvalue weighted by Gasteiger charge is -2.06. The molecule has 3 aromatic heterocycles. The highest BCUT2D eigenvalue weighted by Gasteiger charge is 2.15. The van der Waals surface area contributed by atoms with E-state index in [4.69, 9.17) is 18.6 Å². The molecular formula is C30H23BrN6O5S. The van der Waals surface area contributed by atoms with Crippen LogP contribution in [0.5, 0.6) is 17.2 Å². The summed E-state index contributed by atoms with van der Waals surface area (Å²) < 4.78 is 24.4. The van der Waals surface area contributed by atoms with Gasteiger partial charge in [-0.1, -0.05) is 21.1 Å². The predicted octanol–water partition coefficient (Wildman–Crippen LogP) is 6.30. The van der Waals surface area contributed by atoms with Crippen molar-refractivity contribution in [2.75, 3.05) is 19.6 Å². The second-order valence-corrected chi connectivity index (χ2v) is 10.9. The Morgan fingerprint density at radius 1 is 1.05 bits per heavy atom. The SMILES string of the molecule is COc1ccc(-n2cc(COc3ccc(/C=N/Nc4nc(-c5cc6cc(Br)cc(OC)c6oc5=O)cs4)cc3)nn2)cc1. The van der Waals surface area contributed by atoms with Gasteiger partial charge in [-0.15, -0.1) is 16.4 Å². The average molecular weight is 660 g/mol. The summed E-state index contributed by atoms with van der Waals surface area (Å²) in [5.74, 6) is 1.93. The summed E-state index contributed by atoms with van der Waals surface area (Å²) in [4.78, 5) is 17.2. The van der Waals surface area contributed by atoms with Crippen LogP contribution in [0.4, 0.5) is 5.13 Å². The summed E-state index contributed by atoms with van der Waals surface area (Å²) in [7, 11) is 3.15. The fourth-order valence-corrected chi connectivity index (χ4v) is 5.26. The van der Waals surface area contributed by atoms with Crippen molar-refractivity contribution in [2.24, 2.45) is 5.10 Å². The molecule has 0 fully saturated rings. The fraction of sp³-hybridized carbons (Fsp3) is 0.100. The summed E-state index contributed by atoms with van der Waals surface area (Å²) in [6, 6.07) is 20.3. The van der Waals surface area contributed by atoms with Crippen LogP contribution in [0, 0.1) is 0 Å². The first-order valence-electron chi connectivity index (χ1n) is 12.8. The zero-order chi connectivity index (χ0) is 29.8. The summed E-state index contributed by atoms with van der Waals surface area (Å²) >= 11 is 4.78. The van der Waals surface area contributed by atoms with Crippen molar-refractivity contribution in [1.29, 1.82) is 0 Å². The second-order valence-electron chi connectivity index (χ2n) is 9.09. The molecule has 0 aliphatic rings. The molecule has 0 radical (unpaired) electrons. The van der Waals surface area contributed by atoms with E-state index in [0.717, 1.165) is 21.5 Å². The molecule has 0 aliphatic heterocycles. The lowest BCUT2D eigenvalue weighted by atomic mass is 10.1. The molecule has 0 unspecified atom stereocenters. The molecule has 11 nitrogen and oxygen atoms in total. The van der Waals surface area contributed by atoms with Crippen LogP contribution >= 0.6 is 27.3 Å². The van der Waals surface area contributed by atoms with E-state index < -0.39 is 5.63 Å². The zero-order valence-electron chi connectivity index (χ0n) is 22.9. The number of nitrogens with zero attached hydrogens (tertiary/aromatic N) is 5. The first-order chi connectivity index (χ1) is 21.0. The Kier molecular flexibility index (Phi) is 8.16. The highest BCUT2D eigenvalue weighted by molar-refractivity contribution is 9.10. The van der Waals surface area contributed by atoms with Gasteiger partial charge in [0, 0.05) is 15.2 Å². The molecular weight excluding hydrogens is 636 g/mol. The van der Waals surface area contributed by atoms with Gasteiger partial charge in [-0.05, 0) is 72.3 Å². The van der Waals surface area contributed by atoms with E-state index in [2.05, 4.69) is 41.8 Å². The van der Waals surface area contributed by atoms with Gasteiger partial charge in [0.1, 0.15) is 23.8 Å². The predicted molar refractivity (Wildman–Crippen MR) is 168 cm³/mol. The van der Waals surface area contributed by atoms with E-state index in [1.165, 1.54) is 18.4 Å². The molecule has 0 amide bonds. The van der Waals surface area contributed by atoms with Gasteiger partial charge in [0.15, 0.2) is 11.3 Å². The second kappa shape index (κ2) is 12.5. The Bertz CT molecular complexity index is 1970. The number of thiazole rings is 1. The van der Waals surface area contributed by atoms with Crippen molar-refractivity contribution in [3.05, 3.63) is 104 Å². The van der Waals surface area contributed by atoms with E-state index in [-0.39, 0.29) is 6.61 Å². The maximum atomic E-state index is 12.7. The number of hydrogen-bond donors (Lipinski definition) is 1. The molecule has 0 bridgehead atoms. The van der Waals surface area contributed by atoms with Gasteiger partial charge in [-0.3, -0.25) is 5.43 Å².